The van der Waals surface area contributed by atoms with Crippen molar-refractivity contribution in [3.63, 3.8) is 0 Å². The van der Waals surface area contributed by atoms with E-state index in [2.05, 4.69) is 34.5 Å². The van der Waals surface area contributed by atoms with Crippen LogP contribution in [0.25, 0.3) is 0 Å². The van der Waals surface area contributed by atoms with Gasteiger partial charge < -0.3 is 4.98 Å². The van der Waals surface area contributed by atoms with Crippen LogP contribution in [0.5, 0.6) is 0 Å². The van der Waals surface area contributed by atoms with E-state index in [1.165, 1.54) is 57.8 Å². The summed E-state index contributed by atoms with van der Waals surface area (Å²) in [7, 11) is 0. The Morgan fingerprint density at radius 3 is 2.57 bits per heavy atom. The second-order valence-corrected chi connectivity index (χ2v) is 7.85. The predicted octanol–water partition coefficient (Wildman–Crippen LogP) is 4.72. The number of hydrogen-bond donors (Lipinski definition) is 1. The number of hydrogen-bond acceptors (Lipinski definition) is 2. The molecule has 2 aliphatic carbocycles. The van der Waals surface area contributed by atoms with Crippen LogP contribution in [0.4, 0.5) is 0 Å². The SMILES string of the molecule is CCC1CCCC(c2nc(C3CCCC3)c(I)c(=O)[nH]2)C1. The van der Waals surface area contributed by atoms with E-state index in [1.54, 1.807) is 0 Å². The van der Waals surface area contributed by atoms with Gasteiger partial charge in [-0.15, -0.1) is 0 Å². The first kappa shape index (κ1) is 15.5. The lowest BCUT2D eigenvalue weighted by atomic mass is 9.80. The first-order valence-corrected chi connectivity index (χ1v) is 9.56. The molecule has 2 atom stereocenters. The van der Waals surface area contributed by atoms with Gasteiger partial charge in [-0.3, -0.25) is 4.79 Å². The third kappa shape index (κ3) is 3.35. The Kier molecular flexibility index (Phi) is 5.02. The number of H-pyrrole nitrogens is 1. The Hall–Kier alpha value is -0.390. The van der Waals surface area contributed by atoms with Gasteiger partial charge >= 0.3 is 0 Å². The summed E-state index contributed by atoms with van der Waals surface area (Å²) in [4.78, 5) is 20.3. The molecule has 0 amide bonds. The van der Waals surface area contributed by atoms with E-state index in [0.717, 1.165) is 21.0 Å². The van der Waals surface area contributed by atoms with Crippen LogP contribution >= 0.6 is 22.6 Å². The van der Waals surface area contributed by atoms with Crippen molar-refractivity contribution in [2.45, 2.75) is 76.5 Å². The average molecular weight is 400 g/mol. The van der Waals surface area contributed by atoms with Gasteiger partial charge in [-0.1, -0.05) is 39.0 Å². The van der Waals surface area contributed by atoms with E-state index in [1.807, 2.05) is 0 Å². The monoisotopic (exact) mass is 400 g/mol. The van der Waals surface area contributed by atoms with Gasteiger partial charge in [0, 0.05) is 11.8 Å². The molecule has 0 radical (unpaired) electrons. The van der Waals surface area contributed by atoms with Crippen molar-refractivity contribution >= 4 is 22.6 Å². The maximum atomic E-state index is 12.3. The quantitative estimate of drug-likeness (QED) is 0.747. The summed E-state index contributed by atoms with van der Waals surface area (Å²) in [5.74, 6) is 2.76. The number of aromatic amines is 1. The zero-order valence-corrected chi connectivity index (χ0v) is 15.0. The van der Waals surface area contributed by atoms with Crippen molar-refractivity contribution in [2.75, 3.05) is 0 Å². The Bertz CT molecular complexity index is 548. The van der Waals surface area contributed by atoms with Crippen LogP contribution in [-0.2, 0) is 0 Å². The van der Waals surface area contributed by atoms with Gasteiger partial charge in [0.2, 0.25) is 0 Å². The van der Waals surface area contributed by atoms with E-state index in [-0.39, 0.29) is 5.56 Å². The minimum absolute atomic E-state index is 0.0844. The lowest BCUT2D eigenvalue weighted by Gasteiger charge is -2.28. The van der Waals surface area contributed by atoms with Crippen LogP contribution in [0, 0.1) is 9.49 Å². The first-order chi connectivity index (χ1) is 10.2. The van der Waals surface area contributed by atoms with Crippen molar-refractivity contribution in [3.05, 3.63) is 25.4 Å². The van der Waals surface area contributed by atoms with Crippen molar-refractivity contribution in [2.24, 2.45) is 5.92 Å². The molecule has 2 unspecified atom stereocenters. The molecule has 1 heterocycles. The molecule has 0 bridgehead atoms. The Morgan fingerprint density at radius 2 is 1.86 bits per heavy atom. The molecule has 1 N–H and O–H groups in total. The van der Waals surface area contributed by atoms with E-state index >= 15 is 0 Å². The minimum Gasteiger partial charge on any atom is -0.309 e. The van der Waals surface area contributed by atoms with Crippen molar-refractivity contribution in [1.29, 1.82) is 0 Å². The van der Waals surface area contributed by atoms with E-state index in [0.29, 0.717) is 11.8 Å². The zero-order chi connectivity index (χ0) is 14.8. The van der Waals surface area contributed by atoms with E-state index in [9.17, 15) is 4.79 Å². The van der Waals surface area contributed by atoms with Gasteiger partial charge in [-0.05, 0) is 54.2 Å². The summed E-state index contributed by atoms with van der Waals surface area (Å²) >= 11 is 2.19. The standard InChI is InChI=1S/C17H25IN2O/c1-2-11-6-5-9-13(10-11)16-19-15(12-7-3-4-8-12)14(18)17(21)20-16/h11-13H,2-10H2,1H3,(H,19,20,21). The van der Waals surface area contributed by atoms with Crippen molar-refractivity contribution < 1.29 is 0 Å². The highest BCUT2D eigenvalue weighted by molar-refractivity contribution is 14.1. The average Bonchev–Trinajstić information content (AvgIpc) is 3.04. The second-order valence-electron chi connectivity index (χ2n) is 6.77. The maximum Gasteiger partial charge on any atom is 0.264 e. The molecule has 21 heavy (non-hydrogen) atoms. The molecule has 0 aromatic carbocycles. The van der Waals surface area contributed by atoms with Gasteiger partial charge in [0.1, 0.15) is 5.82 Å². The van der Waals surface area contributed by atoms with Crippen LogP contribution < -0.4 is 5.56 Å². The first-order valence-electron chi connectivity index (χ1n) is 8.48. The zero-order valence-electron chi connectivity index (χ0n) is 12.8. The third-order valence-electron chi connectivity index (χ3n) is 5.40. The molecule has 1 aromatic heterocycles. The Morgan fingerprint density at radius 1 is 1.14 bits per heavy atom. The van der Waals surface area contributed by atoms with Crippen LogP contribution in [0.2, 0.25) is 0 Å². The normalized spacial score (nSPS) is 27.1. The highest BCUT2D eigenvalue weighted by Crippen LogP contribution is 2.38. The maximum absolute atomic E-state index is 12.3. The smallest absolute Gasteiger partial charge is 0.264 e. The summed E-state index contributed by atoms with van der Waals surface area (Å²) < 4.78 is 0.825. The Labute approximate surface area is 140 Å². The highest BCUT2D eigenvalue weighted by Gasteiger charge is 2.27. The van der Waals surface area contributed by atoms with Gasteiger partial charge in [0.15, 0.2) is 0 Å². The molecule has 0 saturated heterocycles. The van der Waals surface area contributed by atoms with Crippen LogP contribution in [0.15, 0.2) is 4.79 Å². The lowest BCUT2D eigenvalue weighted by molar-refractivity contribution is 0.306. The predicted molar refractivity (Wildman–Crippen MR) is 93.8 cm³/mol. The number of nitrogens with zero attached hydrogens (tertiary/aromatic N) is 1. The number of halogens is 1. The number of rotatable bonds is 3. The molecule has 0 spiro atoms. The molecule has 116 valence electrons. The van der Waals surface area contributed by atoms with Crippen LogP contribution in [-0.4, -0.2) is 9.97 Å². The van der Waals surface area contributed by atoms with Crippen LogP contribution in [0.1, 0.15) is 88.1 Å². The number of nitrogens with one attached hydrogen (secondary N) is 1. The molecule has 3 rings (SSSR count). The van der Waals surface area contributed by atoms with Gasteiger partial charge in [0.05, 0.1) is 9.26 Å². The summed E-state index contributed by atoms with van der Waals surface area (Å²) in [6, 6.07) is 0. The molecular weight excluding hydrogens is 375 g/mol. The van der Waals surface area contributed by atoms with Crippen LogP contribution in [0.3, 0.4) is 0 Å². The molecule has 1 aromatic rings. The van der Waals surface area contributed by atoms with E-state index in [4.69, 9.17) is 4.98 Å². The van der Waals surface area contributed by atoms with Gasteiger partial charge in [-0.2, -0.15) is 0 Å². The molecule has 2 aliphatic rings. The van der Waals surface area contributed by atoms with Gasteiger partial charge in [0.25, 0.3) is 5.56 Å². The minimum atomic E-state index is 0.0844. The lowest BCUT2D eigenvalue weighted by Crippen LogP contribution is -2.24. The molecule has 2 saturated carbocycles. The molecule has 0 aliphatic heterocycles. The molecule has 4 heteroatoms. The largest absolute Gasteiger partial charge is 0.309 e. The topological polar surface area (TPSA) is 45.8 Å². The number of aromatic nitrogens is 2. The summed E-state index contributed by atoms with van der Waals surface area (Å²) in [6.45, 7) is 2.28. The summed E-state index contributed by atoms with van der Waals surface area (Å²) in [5.41, 5.74) is 1.17. The fourth-order valence-electron chi connectivity index (χ4n) is 4.07. The summed E-state index contributed by atoms with van der Waals surface area (Å²) in [5, 5.41) is 0. The van der Waals surface area contributed by atoms with Crippen molar-refractivity contribution in [3.8, 4) is 0 Å². The summed E-state index contributed by atoms with van der Waals surface area (Å²) in [6.07, 6.45) is 11.2. The third-order valence-corrected chi connectivity index (χ3v) is 6.44. The van der Waals surface area contributed by atoms with Crippen molar-refractivity contribution in [1.82, 2.24) is 9.97 Å². The van der Waals surface area contributed by atoms with E-state index < -0.39 is 0 Å². The fraction of sp³-hybridized carbons (Fsp3) is 0.765. The molecule has 2 fully saturated rings. The molecule has 3 nitrogen and oxygen atoms in total. The molecular formula is C17H25IN2O. The second kappa shape index (κ2) is 6.80. The fourth-order valence-corrected chi connectivity index (χ4v) is 4.76. The highest BCUT2D eigenvalue weighted by atomic mass is 127. The Balaban J connectivity index is 1.90. The van der Waals surface area contributed by atoms with Gasteiger partial charge in [-0.25, -0.2) is 4.98 Å².